The van der Waals surface area contributed by atoms with E-state index in [1.54, 1.807) is 5.57 Å². The zero-order chi connectivity index (χ0) is 18.4. The number of benzene rings is 2. The Morgan fingerprint density at radius 1 is 1.00 bits per heavy atom. The second-order valence-electron chi connectivity index (χ2n) is 7.51. The van der Waals surface area contributed by atoms with Gasteiger partial charge in [0.25, 0.3) is 0 Å². The Bertz CT molecular complexity index is 725. The third-order valence-electron chi connectivity index (χ3n) is 4.60. The predicted molar refractivity (Wildman–Crippen MR) is 109 cm³/mol. The van der Waals surface area contributed by atoms with E-state index < -0.39 is 20.8 Å². The van der Waals surface area contributed by atoms with Crippen molar-refractivity contribution in [3.05, 3.63) is 64.7 Å². The Hall–Kier alpha value is -0.357. The molecule has 0 amide bonds. The normalized spacial score (nSPS) is 12.8. The van der Waals surface area contributed by atoms with Gasteiger partial charge >= 0.3 is 37.9 Å². The van der Waals surface area contributed by atoms with Crippen molar-refractivity contribution in [2.75, 3.05) is 0 Å². The van der Waals surface area contributed by atoms with E-state index in [-0.39, 0.29) is 5.41 Å². The fraction of sp³-hybridized carbons (Fsp3) is 0.364. The first kappa shape index (κ1) is 20.9. The molecule has 0 N–H and O–H groups in total. The number of halogens is 2. The topological polar surface area (TPSA) is 0 Å². The molecule has 0 saturated heterocycles. The minimum absolute atomic E-state index is 0.214. The zero-order valence-electron chi connectivity index (χ0n) is 15.5. The Morgan fingerprint density at radius 3 is 2.20 bits per heavy atom. The molecule has 2 aromatic rings. The molecule has 132 valence electrons. The first-order chi connectivity index (χ1) is 11.9. The van der Waals surface area contributed by atoms with Gasteiger partial charge in [0.1, 0.15) is 0 Å². The van der Waals surface area contributed by atoms with E-state index in [1.807, 2.05) is 0 Å². The van der Waals surface area contributed by atoms with Crippen LogP contribution in [0.4, 0.5) is 0 Å². The van der Waals surface area contributed by atoms with Crippen molar-refractivity contribution in [1.29, 1.82) is 0 Å². The summed E-state index contributed by atoms with van der Waals surface area (Å²) < 4.78 is 0. The Labute approximate surface area is 171 Å². The van der Waals surface area contributed by atoms with Crippen LogP contribution in [-0.2, 0) is 32.7 Å². The van der Waals surface area contributed by atoms with Crippen molar-refractivity contribution in [2.45, 2.75) is 52.4 Å². The van der Waals surface area contributed by atoms with Crippen molar-refractivity contribution in [1.82, 2.24) is 0 Å². The Balaban J connectivity index is 0.000000701. The molecule has 0 unspecified atom stereocenters. The first-order valence-corrected chi connectivity index (χ1v) is 15.1. The summed E-state index contributed by atoms with van der Waals surface area (Å²) in [5.74, 6) is 0. The van der Waals surface area contributed by atoms with Crippen LogP contribution < -0.4 is 0 Å². The molecular formula is C22H26Cl2Zr. The maximum atomic E-state index is 4.93. The zero-order valence-corrected chi connectivity index (χ0v) is 19.5. The van der Waals surface area contributed by atoms with Crippen LogP contribution in [0.1, 0.15) is 57.2 Å². The van der Waals surface area contributed by atoms with E-state index in [0.29, 0.717) is 0 Å². The molecule has 0 fully saturated rings. The maximum absolute atomic E-state index is 4.93. The van der Waals surface area contributed by atoms with Gasteiger partial charge in [-0.15, -0.1) is 0 Å². The van der Waals surface area contributed by atoms with Gasteiger partial charge < -0.3 is 0 Å². The van der Waals surface area contributed by atoms with E-state index in [2.05, 4.69) is 76.2 Å². The van der Waals surface area contributed by atoms with Crippen molar-refractivity contribution >= 4 is 23.1 Å². The summed E-state index contributed by atoms with van der Waals surface area (Å²) >= 11 is -0.826. The molecule has 25 heavy (non-hydrogen) atoms. The fourth-order valence-electron chi connectivity index (χ4n) is 3.32. The molecular weight excluding hydrogens is 426 g/mol. The van der Waals surface area contributed by atoms with Crippen LogP contribution >= 0.6 is 17.0 Å². The number of allylic oxidation sites excluding steroid dienone is 1. The molecule has 1 aliphatic rings. The minimum atomic E-state index is -0.826. The van der Waals surface area contributed by atoms with Crippen LogP contribution in [0.3, 0.4) is 0 Å². The molecule has 0 spiro atoms. The summed E-state index contributed by atoms with van der Waals surface area (Å²) in [6, 6.07) is 15.9. The first-order valence-electron chi connectivity index (χ1n) is 8.79. The van der Waals surface area contributed by atoms with Crippen LogP contribution in [0.5, 0.6) is 0 Å². The molecule has 0 aliphatic heterocycles. The Morgan fingerprint density at radius 2 is 1.64 bits per heavy atom. The number of rotatable bonds is 3. The molecule has 0 heterocycles. The van der Waals surface area contributed by atoms with Crippen molar-refractivity contribution < 1.29 is 20.8 Å². The number of hydrogen-bond acceptors (Lipinski definition) is 0. The molecule has 3 rings (SSSR count). The van der Waals surface area contributed by atoms with Crippen LogP contribution in [0, 0.1) is 0 Å². The van der Waals surface area contributed by atoms with E-state index >= 15 is 0 Å². The average molecular weight is 453 g/mol. The number of hydrogen-bond donors (Lipinski definition) is 0. The second kappa shape index (κ2) is 9.54. The summed E-state index contributed by atoms with van der Waals surface area (Å²) in [6.45, 7) is 9.06. The van der Waals surface area contributed by atoms with E-state index in [0.717, 1.165) is 6.42 Å². The molecule has 3 heteroatoms. The third kappa shape index (κ3) is 5.56. The number of fused-ring (bicyclic) bond motifs is 1. The molecule has 0 saturated carbocycles. The molecule has 0 aromatic heterocycles. The van der Waals surface area contributed by atoms with Gasteiger partial charge in [-0.25, -0.2) is 0 Å². The molecule has 0 atom stereocenters. The standard InChI is InChI=1S/C22H26.2ClH.Zr/c1-5-7-16-14-18-8-6-9-20(21(18)15-16)17-10-12-19(13-11-17)22(2,3)4;;;/h6,8-13,15H,5,7,14H2,1-4H3;2*1H;/q;;;+2/p-2. The van der Waals surface area contributed by atoms with E-state index in [1.165, 1.54) is 40.7 Å². The quantitative estimate of drug-likeness (QED) is 0.446. The molecule has 2 aromatic carbocycles. The SMILES string of the molecule is CCCC1=Cc2c(cccc2-c2ccc(C(C)(C)C)cc2)C1.[Cl][Zr][Cl]. The predicted octanol–water partition coefficient (Wildman–Crippen LogP) is 7.77. The van der Waals surface area contributed by atoms with Gasteiger partial charge in [-0.2, -0.15) is 0 Å². The third-order valence-corrected chi connectivity index (χ3v) is 4.60. The fourth-order valence-corrected chi connectivity index (χ4v) is 3.32. The average Bonchev–Trinajstić information content (AvgIpc) is 2.98. The summed E-state index contributed by atoms with van der Waals surface area (Å²) in [5.41, 5.74) is 8.83. The van der Waals surface area contributed by atoms with Crippen LogP contribution in [0.15, 0.2) is 48.0 Å². The summed E-state index contributed by atoms with van der Waals surface area (Å²) in [6.07, 6.45) is 6.01. The van der Waals surface area contributed by atoms with Gasteiger partial charge in [0, 0.05) is 0 Å². The van der Waals surface area contributed by atoms with Crippen molar-refractivity contribution in [2.24, 2.45) is 0 Å². The van der Waals surface area contributed by atoms with Crippen LogP contribution in [0.25, 0.3) is 17.2 Å². The van der Waals surface area contributed by atoms with Crippen LogP contribution in [0.2, 0.25) is 0 Å². The summed E-state index contributed by atoms with van der Waals surface area (Å²) in [4.78, 5) is 0. The van der Waals surface area contributed by atoms with Crippen molar-refractivity contribution in [3.63, 3.8) is 0 Å². The molecule has 0 nitrogen and oxygen atoms in total. The molecule has 0 radical (unpaired) electrons. The van der Waals surface area contributed by atoms with Crippen molar-refractivity contribution in [3.8, 4) is 11.1 Å². The van der Waals surface area contributed by atoms with E-state index in [9.17, 15) is 0 Å². The summed E-state index contributed by atoms with van der Waals surface area (Å²) in [5, 5.41) is 0. The van der Waals surface area contributed by atoms with Gasteiger partial charge in [0.05, 0.1) is 0 Å². The molecule has 1 aliphatic carbocycles. The Kier molecular flexibility index (Phi) is 8.00. The molecule has 0 bridgehead atoms. The van der Waals surface area contributed by atoms with Crippen LogP contribution in [-0.4, -0.2) is 0 Å². The van der Waals surface area contributed by atoms with Gasteiger partial charge in [0.15, 0.2) is 0 Å². The van der Waals surface area contributed by atoms with Gasteiger partial charge in [0.2, 0.25) is 0 Å². The van der Waals surface area contributed by atoms with Gasteiger partial charge in [-0.1, -0.05) is 88.2 Å². The monoisotopic (exact) mass is 450 g/mol. The van der Waals surface area contributed by atoms with E-state index in [4.69, 9.17) is 17.0 Å². The second-order valence-corrected chi connectivity index (χ2v) is 11.2. The summed E-state index contributed by atoms with van der Waals surface area (Å²) in [7, 11) is 9.87. The van der Waals surface area contributed by atoms with Gasteiger partial charge in [-0.3, -0.25) is 0 Å². The van der Waals surface area contributed by atoms with Gasteiger partial charge in [-0.05, 0) is 46.1 Å².